The Balaban J connectivity index is 1.27. The lowest BCUT2D eigenvalue weighted by Gasteiger charge is -2.33. The van der Waals surface area contributed by atoms with Crippen molar-refractivity contribution in [1.29, 1.82) is 0 Å². The van der Waals surface area contributed by atoms with E-state index in [0.717, 1.165) is 28.4 Å². The number of nitrogens with zero attached hydrogens (tertiary/aromatic N) is 2. The first-order valence-corrected chi connectivity index (χ1v) is 21.3. The van der Waals surface area contributed by atoms with Crippen LogP contribution in [0.1, 0.15) is 25.0 Å². The van der Waals surface area contributed by atoms with Gasteiger partial charge in [-0.3, -0.25) is 0 Å². The van der Waals surface area contributed by atoms with Crippen LogP contribution in [0.4, 0.5) is 34.1 Å². The van der Waals surface area contributed by atoms with Crippen molar-refractivity contribution in [2.24, 2.45) is 0 Å². The fraction of sp³-hybridized carbons (Fsp3) is 0.0508. The van der Waals surface area contributed by atoms with Crippen molar-refractivity contribution in [3.05, 3.63) is 230 Å². The first kappa shape index (κ1) is 35.3. The average Bonchev–Trinajstić information content (AvgIpc) is 3.54. The SMILES string of the molecule is CC1(C)c2cc3c(N(c4ccccc4)c4ccc5ccccc5c4)c4ccccc4c(N(c4ccccc4)c4ccc5ccccc5c4)c3cc2-c2c1ccc1ccccc21. The number of hydrogen-bond donors (Lipinski definition) is 0. The summed E-state index contributed by atoms with van der Waals surface area (Å²) in [6, 6.07) is 80.7. The summed E-state index contributed by atoms with van der Waals surface area (Å²) in [4.78, 5) is 5.00. The highest BCUT2D eigenvalue weighted by atomic mass is 15.2. The molecule has 0 saturated carbocycles. The van der Waals surface area contributed by atoms with Gasteiger partial charge in [0.2, 0.25) is 0 Å². The number of rotatable bonds is 6. The molecule has 0 fully saturated rings. The average molecular weight is 779 g/mol. The molecule has 1 aliphatic rings. The number of benzene rings is 11. The van der Waals surface area contributed by atoms with Crippen molar-refractivity contribution >= 4 is 88.0 Å². The molecular formula is C59H42N2. The lowest BCUT2D eigenvalue weighted by molar-refractivity contribution is 0.661. The van der Waals surface area contributed by atoms with E-state index < -0.39 is 0 Å². The smallest absolute Gasteiger partial charge is 0.0620 e. The van der Waals surface area contributed by atoms with Crippen molar-refractivity contribution < 1.29 is 0 Å². The second kappa shape index (κ2) is 13.7. The van der Waals surface area contributed by atoms with Crippen LogP contribution in [0.15, 0.2) is 218 Å². The third-order valence-corrected chi connectivity index (χ3v) is 13.1. The number of para-hydroxylation sites is 2. The van der Waals surface area contributed by atoms with Crippen molar-refractivity contribution in [3.8, 4) is 11.1 Å². The molecule has 288 valence electrons. The normalized spacial score (nSPS) is 12.9. The zero-order chi connectivity index (χ0) is 40.7. The monoisotopic (exact) mass is 778 g/mol. The maximum atomic E-state index is 2.55. The minimum Gasteiger partial charge on any atom is -0.309 e. The van der Waals surface area contributed by atoms with Gasteiger partial charge in [-0.1, -0.05) is 172 Å². The Kier molecular flexibility index (Phi) is 7.92. The fourth-order valence-electron chi connectivity index (χ4n) is 10.2. The zero-order valence-corrected chi connectivity index (χ0v) is 34.2. The van der Waals surface area contributed by atoms with E-state index in [9.17, 15) is 0 Å². The fourth-order valence-corrected chi connectivity index (χ4v) is 10.2. The van der Waals surface area contributed by atoms with Crippen LogP contribution in [-0.4, -0.2) is 0 Å². The Hall–Kier alpha value is -7.68. The Labute approximate surface area is 356 Å². The topological polar surface area (TPSA) is 6.48 Å². The van der Waals surface area contributed by atoms with E-state index in [2.05, 4.69) is 242 Å². The number of anilines is 6. The molecule has 0 heterocycles. The van der Waals surface area contributed by atoms with Gasteiger partial charge in [0.15, 0.2) is 0 Å². The van der Waals surface area contributed by atoms with Crippen LogP contribution >= 0.6 is 0 Å². The summed E-state index contributed by atoms with van der Waals surface area (Å²) in [6.07, 6.45) is 0. The summed E-state index contributed by atoms with van der Waals surface area (Å²) >= 11 is 0. The predicted molar refractivity (Wildman–Crippen MR) is 261 cm³/mol. The van der Waals surface area contributed by atoms with E-state index in [1.807, 2.05) is 0 Å². The Morgan fingerprint density at radius 2 is 0.721 bits per heavy atom. The number of hydrogen-bond acceptors (Lipinski definition) is 2. The van der Waals surface area contributed by atoms with Gasteiger partial charge in [0.05, 0.1) is 11.4 Å². The zero-order valence-electron chi connectivity index (χ0n) is 34.2. The van der Waals surface area contributed by atoms with E-state index in [-0.39, 0.29) is 5.41 Å². The van der Waals surface area contributed by atoms with Crippen LogP contribution < -0.4 is 9.80 Å². The molecule has 0 bridgehead atoms. The minimum atomic E-state index is -0.232. The van der Waals surface area contributed by atoms with Crippen LogP contribution in [0, 0.1) is 0 Å². The van der Waals surface area contributed by atoms with Gasteiger partial charge in [-0.15, -0.1) is 0 Å². The van der Waals surface area contributed by atoms with Crippen LogP contribution in [0.25, 0.3) is 65.0 Å². The van der Waals surface area contributed by atoms with E-state index in [0.29, 0.717) is 0 Å². The van der Waals surface area contributed by atoms with E-state index in [1.165, 1.54) is 81.8 Å². The summed E-state index contributed by atoms with van der Waals surface area (Å²) in [5.41, 5.74) is 11.9. The predicted octanol–water partition coefficient (Wildman–Crippen LogP) is 16.7. The molecule has 0 unspecified atom stereocenters. The molecular weight excluding hydrogens is 737 g/mol. The van der Waals surface area contributed by atoms with Crippen molar-refractivity contribution in [2.75, 3.05) is 9.80 Å². The second-order valence-electron chi connectivity index (χ2n) is 16.9. The Bertz CT molecular complexity index is 3510. The summed E-state index contributed by atoms with van der Waals surface area (Å²) in [6.45, 7) is 4.81. The van der Waals surface area contributed by atoms with Crippen molar-refractivity contribution in [3.63, 3.8) is 0 Å². The quantitative estimate of drug-likeness (QED) is 0.123. The molecule has 0 atom stereocenters. The van der Waals surface area contributed by atoms with Gasteiger partial charge in [0.25, 0.3) is 0 Å². The van der Waals surface area contributed by atoms with Gasteiger partial charge in [-0.25, -0.2) is 0 Å². The Morgan fingerprint density at radius 3 is 1.26 bits per heavy atom. The standard InChI is InChI=1S/C59H42N2/c1-59(2)54-34-31-41-19-13-14-26-48(41)56(54)53-37-51-52(38-55(53)59)58(61(45-24-7-4-8-25-45)47-33-30-40-18-10-12-21-43(40)36-47)50-28-16-15-27-49(50)57(51)60(44-22-5-3-6-23-44)46-32-29-39-17-9-11-20-42(39)35-46/h3-38H,1-2H3. The second-order valence-corrected chi connectivity index (χ2v) is 16.9. The third kappa shape index (κ3) is 5.49. The molecule has 61 heavy (non-hydrogen) atoms. The molecule has 2 heteroatoms. The maximum absolute atomic E-state index is 2.55. The lowest BCUT2D eigenvalue weighted by Crippen LogP contribution is -2.17. The molecule has 0 N–H and O–H groups in total. The van der Waals surface area contributed by atoms with Crippen LogP contribution in [-0.2, 0) is 5.41 Å². The van der Waals surface area contributed by atoms with Gasteiger partial charge in [-0.2, -0.15) is 0 Å². The van der Waals surface area contributed by atoms with Crippen molar-refractivity contribution in [1.82, 2.24) is 0 Å². The summed E-state index contributed by atoms with van der Waals surface area (Å²) in [5, 5.41) is 12.2. The molecule has 0 aromatic heterocycles. The highest BCUT2D eigenvalue weighted by Crippen LogP contribution is 2.57. The molecule has 1 aliphatic carbocycles. The number of fused-ring (bicyclic) bond motifs is 9. The molecule has 0 saturated heterocycles. The van der Waals surface area contributed by atoms with Crippen LogP contribution in [0.2, 0.25) is 0 Å². The van der Waals surface area contributed by atoms with Crippen LogP contribution in [0.5, 0.6) is 0 Å². The van der Waals surface area contributed by atoms with Gasteiger partial charge < -0.3 is 9.80 Å². The highest BCUT2D eigenvalue weighted by Gasteiger charge is 2.38. The van der Waals surface area contributed by atoms with Gasteiger partial charge in [0.1, 0.15) is 0 Å². The largest absolute Gasteiger partial charge is 0.309 e. The molecule has 0 amide bonds. The molecule has 0 spiro atoms. The first-order chi connectivity index (χ1) is 30.0. The highest BCUT2D eigenvalue weighted by molar-refractivity contribution is 6.25. The molecule has 12 rings (SSSR count). The van der Waals surface area contributed by atoms with Gasteiger partial charge in [-0.05, 0) is 115 Å². The van der Waals surface area contributed by atoms with E-state index >= 15 is 0 Å². The first-order valence-electron chi connectivity index (χ1n) is 21.3. The Morgan fingerprint density at radius 1 is 0.295 bits per heavy atom. The van der Waals surface area contributed by atoms with Gasteiger partial charge >= 0.3 is 0 Å². The van der Waals surface area contributed by atoms with E-state index in [1.54, 1.807) is 0 Å². The molecule has 0 radical (unpaired) electrons. The van der Waals surface area contributed by atoms with Gasteiger partial charge in [0, 0.05) is 49.7 Å². The summed E-state index contributed by atoms with van der Waals surface area (Å²) < 4.78 is 0. The third-order valence-electron chi connectivity index (χ3n) is 13.1. The summed E-state index contributed by atoms with van der Waals surface area (Å²) in [7, 11) is 0. The van der Waals surface area contributed by atoms with Crippen LogP contribution in [0.3, 0.4) is 0 Å². The molecule has 11 aromatic rings. The maximum Gasteiger partial charge on any atom is 0.0620 e. The van der Waals surface area contributed by atoms with Crippen molar-refractivity contribution in [2.45, 2.75) is 19.3 Å². The summed E-state index contributed by atoms with van der Waals surface area (Å²) in [5.74, 6) is 0. The molecule has 2 nitrogen and oxygen atoms in total. The minimum absolute atomic E-state index is 0.232. The lowest BCUT2D eigenvalue weighted by atomic mass is 9.81. The molecule has 0 aliphatic heterocycles. The molecule has 11 aromatic carbocycles. The van der Waals surface area contributed by atoms with E-state index in [4.69, 9.17) is 0 Å².